The Labute approximate surface area is 148 Å². The molecule has 0 atom stereocenters. The SMILES string of the molecule is CCCC(C)(C)CC(=O)N[C@H]1CC[C@@H](NC(=O)CC(C)(C)C)CC1. The smallest absolute Gasteiger partial charge is 0.220 e. The summed E-state index contributed by atoms with van der Waals surface area (Å²) in [4.78, 5) is 24.3. The van der Waals surface area contributed by atoms with Crippen molar-refractivity contribution in [3.05, 3.63) is 0 Å². The van der Waals surface area contributed by atoms with Crippen molar-refractivity contribution in [1.82, 2.24) is 10.6 Å². The fraction of sp³-hybridized carbons (Fsp3) is 0.900. The largest absolute Gasteiger partial charge is 0.353 e. The van der Waals surface area contributed by atoms with Crippen LogP contribution in [0, 0.1) is 10.8 Å². The molecule has 0 aliphatic heterocycles. The van der Waals surface area contributed by atoms with Gasteiger partial charge in [0.05, 0.1) is 0 Å². The van der Waals surface area contributed by atoms with E-state index >= 15 is 0 Å². The topological polar surface area (TPSA) is 58.2 Å². The minimum Gasteiger partial charge on any atom is -0.353 e. The average Bonchev–Trinajstić information content (AvgIpc) is 2.37. The summed E-state index contributed by atoms with van der Waals surface area (Å²) in [5, 5.41) is 6.35. The van der Waals surface area contributed by atoms with E-state index in [-0.39, 0.29) is 34.7 Å². The van der Waals surface area contributed by atoms with Crippen molar-refractivity contribution in [1.29, 1.82) is 0 Å². The molecule has 0 unspecified atom stereocenters. The molecule has 0 spiro atoms. The van der Waals surface area contributed by atoms with E-state index in [0.717, 1.165) is 38.5 Å². The Kier molecular flexibility index (Phi) is 7.75. The molecule has 0 aromatic heterocycles. The second-order valence-electron chi connectivity index (χ2n) is 9.51. The van der Waals surface area contributed by atoms with Gasteiger partial charge in [-0.3, -0.25) is 9.59 Å². The Bertz CT molecular complexity index is 416. The first-order valence-electron chi connectivity index (χ1n) is 9.59. The maximum atomic E-state index is 12.2. The minimum atomic E-state index is 0.0283. The predicted molar refractivity (Wildman–Crippen MR) is 99.7 cm³/mol. The van der Waals surface area contributed by atoms with Crippen LogP contribution in [-0.2, 0) is 9.59 Å². The lowest BCUT2D eigenvalue weighted by molar-refractivity contribution is -0.125. The highest BCUT2D eigenvalue weighted by atomic mass is 16.2. The van der Waals surface area contributed by atoms with E-state index in [1.807, 2.05) is 0 Å². The second-order valence-corrected chi connectivity index (χ2v) is 9.51. The van der Waals surface area contributed by atoms with Crippen molar-refractivity contribution in [2.45, 2.75) is 105 Å². The Morgan fingerprint density at radius 2 is 1.25 bits per heavy atom. The van der Waals surface area contributed by atoms with Gasteiger partial charge in [-0.05, 0) is 42.9 Å². The third-order valence-electron chi connectivity index (χ3n) is 4.71. The molecule has 0 radical (unpaired) electrons. The highest BCUT2D eigenvalue weighted by Crippen LogP contribution is 2.27. The highest BCUT2D eigenvalue weighted by Gasteiger charge is 2.27. The molecule has 0 aromatic rings. The molecule has 1 aliphatic carbocycles. The molecule has 24 heavy (non-hydrogen) atoms. The van der Waals surface area contributed by atoms with Crippen LogP contribution in [0.5, 0.6) is 0 Å². The first-order valence-corrected chi connectivity index (χ1v) is 9.59. The van der Waals surface area contributed by atoms with Crippen LogP contribution in [0.4, 0.5) is 0 Å². The zero-order valence-electron chi connectivity index (χ0n) is 16.6. The average molecular weight is 339 g/mol. The Hall–Kier alpha value is -1.06. The van der Waals surface area contributed by atoms with Gasteiger partial charge in [0.25, 0.3) is 0 Å². The highest BCUT2D eigenvalue weighted by molar-refractivity contribution is 5.77. The van der Waals surface area contributed by atoms with Crippen LogP contribution >= 0.6 is 0 Å². The molecular formula is C20H38N2O2. The molecule has 0 aromatic carbocycles. The van der Waals surface area contributed by atoms with Crippen LogP contribution in [0.1, 0.15) is 92.9 Å². The van der Waals surface area contributed by atoms with Crippen LogP contribution in [0.2, 0.25) is 0 Å². The van der Waals surface area contributed by atoms with Gasteiger partial charge >= 0.3 is 0 Å². The zero-order valence-corrected chi connectivity index (χ0v) is 16.6. The molecule has 4 heteroatoms. The number of amides is 2. The molecule has 4 nitrogen and oxygen atoms in total. The molecule has 0 saturated heterocycles. The zero-order chi connectivity index (χ0) is 18.4. The summed E-state index contributed by atoms with van der Waals surface area (Å²) < 4.78 is 0. The van der Waals surface area contributed by atoms with E-state index < -0.39 is 0 Å². The van der Waals surface area contributed by atoms with Crippen molar-refractivity contribution in [3.63, 3.8) is 0 Å². The van der Waals surface area contributed by atoms with E-state index in [1.165, 1.54) is 0 Å². The molecule has 1 rings (SSSR count). The van der Waals surface area contributed by atoms with Crippen molar-refractivity contribution < 1.29 is 9.59 Å². The molecule has 140 valence electrons. The van der Waals surface area contributed by atoms with Crippen molar-refractivity contribution >= 4 is 11.8 Å². The summed E-state index contributed by atoms with van der Waals surface area (Å²) in [6.45, 7) is 12.7. The summed E-state index contributed by atoms with van der Waals surface area (Å²) in [6, 6.07) is 0.537. The van der Waals surface area contributed by atoms with Crippen molar-refractivity contribution in [2.75, 3.05) is 0 Å². The Morgan fingerprint density at radius 1 is 0.833 bits per heavy atom. The van der Waals surface area contributed by atoms with Gasteiger partial charge in [-0.15, -0.1) is 0 Å². The fourth-order valence-electron chi connectivity index (χ4n) is 3.62. The number of nitrogens with one attached hydrogen (secondary N) is 2. The van der Waals surface area contributed by atoms with Gasteiger partial charge < -0.3 is 10.6 Å². The first kappa shape index (κ1) is 21.0. The molecule has 2 amide bonds. The molecule has 1 aliphatic rings. The van der Waals surface area contributed by atoms with Crippen LogP contribution in [-0.4, -0.2) is 23.9 Å². The van der Waals surface area contributed by atoms with Crippen LogP contribution in [0.3, 0.4) is 0 Å². The lowest BCUT2D eigenvalue weighted by Crippen LogP contribution is -2.44. The lowest BCUT2D eigenvalue weighted by atomic mass is 9.84. The Balaban J connectivity index is 2.30. The Morgan fingerprint density at radius 3 is 1.62 bits per heavy atom. The van der Waals surface area contributed by atoms with E-state index in [2.05, 4.69) is 52.2 Å². The molecule has 0 heterocycles. The summed E-state index contributed by atoms with van der Waals surface area (Å²) in [5.41, 5.74) is 0.109. The van der Waals surface area contributed by atoms with Gasteiger partial charge in [0.15, 0.2) is 0 Å². The standard InChI is InChI=1S/C20H38N2O2/c1-7-12-20(5,6)14-18(24)22-16-10-8-15(9-11-16)21-17(23)13-19(2,3)4/h15-16H,7-14H2,1-6H3,(H,21,23)(H,22,24)/t15-,16+. The van der Waals surface area contributed by atoms with E-state index in [1.54, 1.807) is 0 Å². The molecule has 2 N–H and O–H groups in total. The summed E-state index contributed by atoms with van der Waals surface area (Å²) in [5.74, 6) is 0.324. The summed E-state index contributed by atoms with van der Waals surface area (Å²) >= 11 is 0. The van der Waals surface area contributed by atoms with Gasteiger partial charge in [0, 0.05) is 24.9 Å². The lowest BCUT2D eigenvalue weighted by Gasteiger charge is -2.31. The number of hydrogen-bond acceptors (Lipinski definition) is 2. The number of rotatable bonds is 7. The van der Waals surface area contributed by atoms with Crippen LogP contribution in [0.25, 0.3) is 0 Å². The second kappa shape index (κ2) is 8.87. The number of hydrogen-bond donors (Lipinski definition) is 2. The first-order chi connectivity index (χ1) is 11.0. The predicted octanol–water partition coefficient (Wildman–Crippen LogP) is 4.18. The normalized spacial score (nSPS) is 22.1. The molecular weight excluding hydrogens is 300 g/mol. The van der Waals surface area contributed by atoms with Gasteiger partial charge in [-0.1, -0.05) is 48.0 Å². The van der Waals surface area contributed by atoms with E-state index in [4.69, 9.17) is 0 Å². The third-order valence-corrected chi connectivity index (χ3v) is 4.71. The molecule has 1 fully saturated rings. The molecule has 0 bridgehead atoms. The number of carbonyl (C=O) groups excluding carboxylic acids is 2. The minimum absolute atomic E-state index is 0.0283. The quantitative estimate of drug-likeness (QED) is 0.731. The maximum absolute atomic E-state index is 12.2. The molecule has 1 saturated carbocycles. The van der Waals surface area contributed by atoms with Gasteiger partial charge in [0.2, 0.25) is 11.8 Å². The summed E-state index contributed by atoms with van der Waals surface area (Å²) in [7, 11) is 0. The van der Waals surface area contributed by atoms with Crippen LogP contribution in [0.15, 0.2) is 0 Å². The summed E-state index contributed by atoms with van der Waals surface area (Å²) in [6.07, 6.45) is 7.19. The van der Waals surface area contributed by atoms with E-state index in [9.17, 15) is 9.59 Å². The van der Waals surface area contributed by atoms with E-state index in [0.29, 0.717) is 12.8 Å². The fourth-order valence-corrected chi connectivity index (χ4v) is 3.62. The maximum Gasteiger partial charge on any atom is 0.220 e. The van der Waals surface area contributed by atoms with Gasteiger partial charge in [0.1, 0.15) is 0 Å². The number of carbonyl (C=O) groups is 2. The van der Waals surface area contributed by atoms with Crippen molar-refractivity contribution in [2.24, 2.45) is 10.8 Å². The monoisotopic (exact) mass is 338 g/mol. The van der Waals surface area contributed by atoms with Crippen molar-refractivity contribution in [3.8, 4) is 0 Å². The van der Waals surface area contributed by atoms with Crippen LogP contribution < -0.4 is 10.6 Å². The van der Waals surface area contributed by atoms with Gasteiger partial charge in [-0.25, -0.2) is 0 Å². The van der Waals surface area contributed by atoms with Gasteiger partial charge in [-0.2, -0.15) is 0 Å². The third kappa shape index (κ3) is 8.70.